The minimum absolute atomic E-state index is 0.0581. The molecule has 0 aliphatic carbocycles. The van der Waals surface area contributed by atoms with Crippen LogP contribution in [0.5, 0.6) is 0 Å². The summed E-state index contributed by atoms with van der Waals surface area (Å²) in [4.78, 5) is 0. The van der Waals surface area contributed by atoms with E-state index in [9.17, 15) is 0 Å². The molecule has 22 heavy (non-hydrogen) atoms. The quantitative estimate of drug-likeness (QED) is 0.780. The van der Waals surface area contributed by atoms with Gasteiger partial charge in [0.2, 0.25) is 0 Å². The Labute approximate surface area is 135 Å². The molecular formula is C21H29N. The van der Waals surface area contributed by atoms with Crippen LogP contribution in [0.1, 0.15) is 79.0 Å². The fraction of sp³-hybridized carbons (Fsp3) is 0.429. The number of nitrogens with two attached hydrogens (primary N) is 1. The van der Waals surface area contributed by atoms with Gasteiger partial charge in [0.25, 0.3) is 0 Å². The Balaban J connectivity index is 2.66. The lowest BCUT2D eigenvalue weighted by atomic mass is 9.80. The van der Waals surface area contributed by atoms with Gasteiger partial charge in [-0.2, -0.15) is 0 Å². The Morgan fingerprint density at radius 3 is 1.86 bits per heavy atom. The third-order valence-electron chi connectivity index (χ3n) is 4.56. The van der Waals surface area contributed by atoms with Crippen molar-refractivity contribution in [2.24, 2.45) is 5.73 Å². The fourth-order valence-corrected chi connectivity index (χ4v) is 3.80. The molecule has 0 saturated heterocycles. The van der Waals surface area contributed by atoms with Crippen LogP contribution >= 0.6 is 0 Å². The first-order chi connectivity index (χ1) is 10.3. The minimum atomic E-state index is -0.0581. The van der Waals surface area contributed by atoms with E-state index in [1.54, 1.807) is 0 Å². The summed E-state index contributed by atoms with van der Waals surface area (Å²) in [5, 5.41) is 0. The van der Waals surface area contributed by atoms with Crippen molar-refractivity contribution in [2.45, 2.75) is 59.4 Å². The van der Waals surface area contributed by atoms with Gasteiger partial charge in [-0.1, -0.05) is 64.1 Å². The SMILES string of the molecule is Cc1cc(C(N)c2ccccc2)c(C(C)C)c(C)c1C(C)C. The van der Waals surface area contributed by atoms with Gasteiger partial charge >= 0.3 is 0 Å². The van der Waals surface area contributed by atoms with E-state index >= 15 is 0 Å². The molecule has 1 heteroatoms. The van der Waals surface area contributed by atoms with Gasteiger partial charge in [0, 0.05) is 0 Å². The minimum Gasteiger partial charge on any atom is -0.320 e. The average Bonchev–Trinajstić information content (AvgIpc) is 2.45. The first kappa shape index (κ1) is 16.8. The fourth-order valence-electron chi connectivity index (χ4n) is 3.80. The molecular weight excluding hydrogens is 266 g/mol. The molecule has 0 amide bonds. The van der Waals surface area contributed by atoms with Crippen LogP contribution in [0, 0.1) is 13.8 Å². The summed E-state index contributed by atoms with van der Waals surface area (Å²) in [6.45, 7) is 13.6. The van der Waals surface area contributed by atoms with E-state index in [0.717, 1.165) is 0 Å². The highest BCUT2D eigenvalue weighted by atomic mass is 14.6. The molecule has 0 saturated carbocycles. The third-order valence-corrected chi connectivity index (χ3v) is 4.56. The maximum atomic E-state index is 6.62. The number of rotatable bonds is 4. The van der Waals surface area contributed by atoms with E-state index in [2.05, 4.69) is 71.9 Å². The molecule has 2 rings (SSSR count). The van der Waals surface area contributed by atoms with Crippen molar-refractivity contribution in [3.8, 4) is 0 Å². The highest BCUT2D eigenvalue weighted by Gasteiger charge is 2.21. The van der Waals surface area contributed by atoms with E-state index in [1.807, 2.05) is 6.07 Å². The van der Waals surface area contributed by atoms with Crippen molar-refractivity contribution in [3.63, 3.8) is 0 Å². The molecule has 0 spiro atoms. The summed E-state index contributed by atoms with van der Waals surface area (Å²) in [6.07, 6.45) is 0. The van der Waals surface area contributed by atoms with Crippen LogP contribution in [0.3, 0.4) is 0 Å². The van der Waals surface area contributed by atoms with Gasteiger partial charge in [-0.05, 0) is 59.1 Å². The molecule has 0 radical (unpaired) electrons. The predicted octanol–water partition coefficient (Wildman–Crippen LogP) is 5.60. The van der Waals surface area contributed by atoms with Crippen LogP contribution < -0.4 is 5.73 Å². The largest absolute Gasteiger partial charge is 0.320 e. The summed E-state index contributed by atoms with van der Waals surface area (Å²) in [7, 11) is 0. The third kappa shape index (κ3) is 3.10. The van der Waals surface area contributed by atoms with E-state index in [4.69, 9.17) is 5.73 Å². The number of hydrogen-bond acceptors (Lipinski definition) is 1. The van der Waals surface area contributed by atoms with Gasteiger partial charge in [-0.3, -0.25) is 0 Å². The Bertz CT molecular complexity index is 639. The molecule has 0 fully saturated rings. The molecule has 0 heterocycles. The molecule has 118 valence electrons. The molecule has 0 bridgehead atoms. The summed E-state index contributed by atoms with van der Waals surface area (Å²) >= 11 is 0. The summed E-state index contributed by atoms with van der Waals surface area (Å²) in [5.74, 6) is 1.02. The molecule has 1 unspecified atom stereocenters. The van der Waals surface area contributed by atoms with Crippen molar-refractivity contribution in [1.29, 1.82) is 0 Å². The maximum absolute atomic E-state index is 6.62. The standard InChI is InChI=1S/C21H29N/c1-13(2)19-15(5)12-18(20(14(3)4)16(19)6)21(22)17-10-8-7-9-11-17/h7-14,21H,22H2,1-6H3. The molecule has 1 atom stereocenters. The Kier molecular flexibility index (Phi) is 5.08. The van der Waals surface area contributed by atoms with Crippen molar-refractivity contribution < 1.29 is 0 Å². The first-order valence-electron chi connectivity index (χ1n) is 8.29. The van der Waals surface area contributed by atoms with Crippen molar-refractivity contribution in [1.82, 2.24) is 0 Å². The highest BCUT2D eigenvalue weighted by Crippen LogP contribution is 2.36. The van der Waals surface area contributed by atoms with Gasteiger partial charge in [0.1, 0.15) is 0 Å². The molecule has 2 aromatic carbocycles. The lowest BCUT2D eigenvalue weighted by Crippen LogP contribution is -2.17. The van der Waals surface area contributed by atoms with Gasteiger partial charge in [-0.25, -0.2) is 0 Å². The topological polar surface area (TPSA) is 26.0 Å². The average molecular weight is 295 g/mol. The van der Waals surface area contributed by atoms with Gasteiger partial charge < -0.3 is 5.73 Å². The van der Waals surface area contributed by atoms with Crippen molar-refractivity contribution in [2.75, 3.05) is 0 Å². The van der Waals surface area contributed by atoms with Crippen LogP contribution in [-0.4, -0.2) is 0 Å². The lowest BCUT2D eigenvalue weighted by molar-refractivity contribution is 0.765. The second kappa shape index (κ2) is 6.66. The summed E-state index contributed by atoms with van der Waals surface area (Å²) in [6, 6.07) is 12.7. The van der Waals surface area contributed by atoms with Crippen LogP contribution in [0.4, 0.5) is 0 Å². The molecule has 2 aromatic rings. The summed E-state index contributed by atoms with van der Waals surface area (Å²) in [5.41, 5.74) is 14.8. The summed E-state index contributed by atoms with van der Waals surface area (Å²) < 4.78 is 0. The zero-order chi connectivity index (χ0) is 16.4. The zero-order valence-electron chi connectivity index (χ0n) is 14.8. The number of benzene rings is 2. The highest BCUT2D eigenvalue weighted by molar-refractivity contribution is 5.51. The zero-order valence-corrected chi connectivity index (χ0v) is 14.8. The molecule has 0 aliphatic rings. The monoisotopic (exact) mass is 295 g/mol. The first-order valence-corrected chi connectivity index (χ1v) is 8.29. The second-order valence-corrected chi connectivity index (χ2v) is 6.93. The Morgan fingerprint density at radius 1 is 0.818 bits per heavy atom. The maximum Gasteiger partial charge on any atom is 0.0554 e. The van der Waals surface area contributed by atoms with E-state index in [0.29, 0.717) is 11.8 Å². The van der Waals surface area contributed by atoms with E-state index in [1.165, 1.54) is 33.4 Å². The van der Waals surface area contributed by atoms with Crippen LogP contribution in [-0.2, 0) is 0 Å². The lowest BCUT2D eigenvalue weighted by Gasteiger charge is -2.26. The normalized spacial score (nSPS) is 13.0. The van der Waals surface area contributed by atoms with E-state index < -0.39 is 0 Å². The molecule has 0 aliphatic heterocycles. The molecule has 0 aromatic heterocycles. The van der Waals surface area contributed by atoms with Crippen molar-refractivity contribution in [3.05, 3.63) is 69.8 Å². The molecule has 2 N–H and O–H groups in total. The number of hydrogen-bond donors (Lipinski definition) is 1. The number of aryl methyl sites for hydroxylation is 1. The predicted molar refractivity (Wildman–Crippen MR) is 96.6 cm³/mol. The Morgan fingerprint density at radius 2 is 1.36 bits per heavy atom. The van der Waals surface area contributed by atoms with E-state index in [-0.39, 0.29) is 6.04 Å². The molecule has 1 nitrogen and oxygen atoms in total. The van der Waals surface area contributed by atoms with Gasteiger partial charge in [-0.15, -0.1) is 0 Å². The van der Waals surface area contributed by atoms with Gasteiger partial charge in [0.05, 0.1) is 6.04 Å². The second-order valence-electron chi connectivity index (χ2n) is 6.93. The smallest absolute Gasteiger partial charge is 0.0554 e. The van der Waals surface area contributed by atoms with Crippen LogP contribution in [0.2, 0.25) is 0 Å². The Hall–Kier alpha value is -1.60. The van der Waals surface area contributed by atoms with Crippen LogP contribution in [0.15, 0.2) is 36.4 Å². The van der Waals surface area contributed by atoms with Gasteiger partial charge in [0.15, 0.2) is 0 Å². The van der Waals surface area contributed by atoms with Crippen molar-refractivity contribution >= 4 is 0 Å². The van der Waals surface area contributed by atoms with Crippen LogP contribution in [0.25, 0.3) is 0 Å².